The Bertz CT molecular complexity index is 1020. The van der Waals surface area contributed by atoms with Crippen LogP contribution in [0.25, 0.3) is 0 Å². The molecule has 2 aromatic carbocycles. The van der Waals surface area contributed by atoms with Gasteiger partial charge in [0.1, 0.15) is 11.5 Å². The van der Waals surface area contributed by atoms with Gasteiger partial charge in [0.25, 0.3) is 5.91 Å². The molecule has 4 rings (SSSR count). The van der Waals surface area contributed by atoms with E-state index in [4.69, 9.17) is 4.42 Å². The fourth-order valence-corrected chi connectivity index (χ4v) is 3.89. The van der Waals surface area contributed by atoms with Crippen LogP contribution in [0.2, 0.25) is 0 Å². The Morgan fingerprint density at radius 1 is 1.10 bits per heavy atom. The van der Waals surface area contributed by atoms with Crippen molar-refractivity contribution in [3.8, 4) is 0 Å². The molecule has 0 aliphatic carbocycles. The van der Waals surface area contributed by atoms with Gasteiger partial charge in [0.2, 0.25) is 0 Å². The summed E-state index contributed by atoms with van der Waals surface area (Å²) < 4.78 is 6.34. The van der Waals surface area contributed by atoms with E-state index in [2.05, 4.69) is 66.6 Å². The largest absolute Gasteiger partial charge is 0.459 e. The number of rotatable bonds is 6. The first kappa shape index (κ1) is 21.3. The number of hydrazone groups is 1. The number of anilines is 1. The van der Waals surface area contributed by atoms with Gasteiger partial charge in [-0.25, -0.2) is 5.43 Å². The number of piperazine rings is 1. The maximum atomic E-state index is 12.3. The van der Waals surface area contributed by atoms with E-state index in [1.165, 1.54) is 17.5 Å². The van der Waals surface area contributed by atoms with Crippen molar-refractivity contribution >= 4 is 33.7 Å². The van der Waals surface area contributed by atoms with Crippen molar-refractivity contribution in [1.82, 2.24) is 10.3 Å². The van der Waals surface area contributed by atoms with Crippen LogP contribution in [0.4, 0.5) is 5.69 Å². The number of hydrogen-bond donors (Lipinski definition) is 1. The quantitative estimate of drug-likeness (QED) is 0.418. The number of benzene rings is 2. The van der Waals surface area contributed by atoms with Crippen LogP contribution < -0.4 is 10.3 Å². The number of aryl methyl sites for hydroxylation is 1. The molecule has 1 fully saturated rings. The number of carbonyl (C=O) groups is 1. The minimum Gasteiger partial charge on any atom is -0.459 e. The van der Waals surface area contributed by atoms with E-state index in [9.17, 15) is 4.79 Å². The fraction of sp³-hybridized carbons (Fsp3) is 0.250. The standard InChI is InChI=1S/C24H25BrN4O2/c1-18-23(25)15-22(31-18)16-26-27-24(30)20-9-7-19(8-10-20)17-28-11-13-29(14-12-28)21-5-3-2-4-6-21/h2-10,15-16H,11-14,17H2,1H3,(H,27,30)/b26-16+. The van der Waals surface area contributed by atoms with Gasteiger partial charge < -0.3 is 9.32 Å². The molecule has 1 aromatic heterocycles. The van der Waals surface area contributed by atoms with Gasteiger partial charge in [0.15, 0.2) is 0 Å². The van der Waals surface area contributed by atoms with Gasteiger partial charge in [-0.3, -0.25) is 9.69 Å². The van der Waals surface area contributed by atoms with Gasteiger partial charge in [0, 0.05) is 50.0 Å². The molecule has 1 aliphatic rings. The van der Waals surface area contributed by atoms with Crippen molar-refractivity contribution in [3.63, 3.8) is 0 Å². The van der Waals surface area contributed by atoms with E-state index in [1.54, 1.807) is 6.07 Å². The number of para-hydroxylation sites is 1. The molecule has 6 nitrogen and oxygen atoms in total. The molecular formula is C24H25BrN4O2. The summed E-state index contributed by atoms with van der Waals surface area (Å²) in [5, 5.41) is 3.97. The molecule has 2 heterocycles. The highest BCUT2D eigenvalue weighted by Crippen LogP contribution is 2.19. The number of carbonyl (C=O) groups excluding carboxylic acids is 1. The van der Waals surface area contributed by atoms with E-state index >= 15 is 0 Å². The van der Waals surface area contributed by atoms with Crippen LogP contribution in [0.1, 0.15) is 27.4 Å². The second-order valence-corrected chi connectivity index (χ2v) is 8.40. The van der Waals surface area contributed by atoms with Crippen molar-refractivity contribution in [2.45, 2.75) is 13.5 Å². The number of hydrogen-bond acceptors (Lipinski definition) is 5. The van der Waals surface area contributed by atoms with Gasteiger partial charge in [-0.15, -0.1) is 0 Å². The zero-order chi connectivity index (χ0) is 21.6. The molecule has 3 aromatic rings. The van der Waals surface area contributed by atoms with Gasteiger partial charge in [0.05, 0.1) is 10.7 Å². The number of nitrogens with zero attached hydrogens (tertiary/aromatic N) is 3. The summed E-state index contributed by atoms with van der Waals surface area (Å²) in [6.07, 6.45) is 1.49. The number of halogens is 1. The molecule has 7 heteroatoms. The number of furan rings is 1. The van der Waals surface area contributed by atoms with E-state index in [0.717, 1.165) is 43.0 Å². The Morgan fingerprint density at radius 2 is 1.81 bits per heavy atom. The van der Waals surface area contributed by atoms with Gasteiger partial charge in [-0.1, -0.05) is 30.3 Å². The molecule has 0 saturated carbocycles. The summed E-state index contributed by atoms with van der Waals surface area (Å²) in [7, 11) is 0. The van der Waals surface area contributed by atoms with Crippen LogP contribution in [0.5, 0.6) is 0 Å². The Kier molecular flexibility index (Phi) is 6.84. The molecule has 0 atom stereocenters. The Hall–Kier alpha value is -2.90. The molecule has 0 unspecified atom stereocenters. The van der Waals surface area contributed by atoms with Crippen molar-refractivity contribution in [2.75, 3.05) is 31.1 Å². The second-order valence-electron chi connectivity index (χ2n) is 7.55. The van der Waals surface area contributed by atoms with E-state index in [1.807, 2.05) is 31.2 Å². The SMILES string of the molecule is Cc1oc(/C=N/NC(=O)c2ccc(CN3CCN(c4ccccc4)CC3)cc2)cc1Br. The molecule has 1 saturated heterocycles. The minimum absolute atomic E-state index is 0.249. The van der Waals surface area contributed by atoms with Crippen LogP contribution in [-0.2, 0) is 6.54 Å². The van der Waals surface area contributed by atoms with Gasteiger partial charge in [-0.05, 0) is 52.7 Å². The number of nitrogens with one attached hydrogen (secondary N) is 1. The summed E-state index contributed by atoms with van der Waals surface area (Å²) in [5.41, 5.74) is 5.60. The average Bonchev–Trinajstić information content (AvgIpc) is 3.12. The van der Waals surface area contributed by atoms with E-state index in [-0.39, 0.29) is 5.91 Å². The first-order valence-corrected chi connectivity index (χ1v) is 11.1. The monoisotopic (exact) mass is 480 g/mol. The molecule has 1 N–H and O–H groups in total. The maximum absolute atomic E-state index is 12.3. The van der Waals surface area contributed by atoms with Crippen LogP contribution in [0.15, 0.2) is 74.7 Å². The van der Waals surface area contributed by atoms with Gasteiger partial charge >= 0.3 is 0 Å². The lowest BCUT2D eigenvalue weighted by Gasteiger charge is -2.36. The van der Waals surface area contributed by atoms with Crippen molar-refractivity contribution in [1.29, 1.82) is 0 Å². The lowest BCUT2D eigenvalue weighted by atomic mass is 10.1. The highest BCUT2D eigenvalue weighted by Gasteiger charge is 2.17. The summed E-state index contributed by atoms with van der Waals surface area (Å²) >= 11 is 3.38. The minimum atomic E-state index is -0.249. The molecule has 160 valence electrons. The summed E-state index contributed by atoms with van der Waals surface area (Å²) in [6, 6.07) is 20.1. The van der Waals surface area contributed by atoms with Crippen LogP contribution in [0.3, 0.4) is 0 Å². The summed E-state index contributed by atoms with van der Waals surface area (Å²) in [6.45, 7) is 6.82. The van der Waals surface area contributed by atoms with Crippen molar-refractivity contribution < 1.29 is 9.21 Å². The van der Waals surface area contributed by atoms with Crippen LogP contribution >= 0.6 is 15.9 Å². The van der Waals surface area contributed by atoms with Crippen LogP contribution in [0, 0.1) is 6.92 Å². The maximum Gasteiger partial charge on any atom is 0.271 e. The van der Waals surface area contributed by atoms with Crippen LogP contribution in [-0.4, -0.2) is 43.2 Å². The van der Waals surface area contributed by atoms with Crippen molar-refractivity contribution in [2.24, 2.45) is 5.10 Å². The number of amides is 1. The predicted molar refractivity (Wildman–Crippen MR) is 127 cm³/mol. The fourth-order valence-electron chi connectivity index (χ4n) is 3.59. The third kappa shape index (κ3) is 5.62. The Balaban J connectivity index is 1.26. The van der Waals surface area contributed by atoms with Gasteiger partial charge in [-0.2, -0.15) is 5.10 Å². The topological polar surface area (TPSA) is 61.1 Å². The molecule has 1 aliphatic heterocycles. The zero-order valence-electron chi connectivity index (χ0n) is 17.4. The predicted octanol–water partition coefficient (Wildman–Crippen LogP) is 4.44. The highest BCUT2D eigenvalue weighted by molar-refractivity contribution is 9.10. The smallest absolute Gasteiger partial charge is 0.271 e. The third-order valence-corrected chi connectivity index (χ3v) is 6.14. The molecule has 31 heavy (non-hydrogen) atoms. The lowest BCUT2D eigenvalue weighted by Crippen LogP contribution is -2.45. The van der Waals surface area contributed by atoms with Crippen molar-refractivity contribution in [3.05, 3.63) is 87.8 Å². The third-order valence-electron chi connectivity index (χ3n) is 5.35. The lowest BCUT2D eigenvalue weighted by molar-refractivity contribution is 0.0955. The molecular weight excluding hydrogens is 456 g/mol. The normalized spacial score (nSPS) is 14.8. The highest BCUT2D eigenvalue weighted by atomic mass is 79.9. The second kappa shape index (κ2) is 9.94. The molecule has 1 amide bonds. The zero-order valence-corrected chi connectivity index (χ0v) is 19.0. The molecule has 0 bridgehead atoms. The first-order valence-electron chi connectivity index (χ1n) is 10.3. The Labute approximate surface area is 190 Å². The molecule has 0 spiro atoms. The summed E-state index contributed by atoms with van der Waals surface area (Å²) in [5.74, 6) is 1.10. The summed E-state index contributed by atoms with van der Waals surface area (Å²) in [4.78, 5) is 17.2. The first-order chi connectivity index (χ1) is 15.1. The Morgan fingerprint density at radius 3 is 2.45 bits per heavy atom. The average molecular weight is 481 g/mol. The van der Waals surface area contributed by atoms with E-state index in [0.29, 0.717) is 11.3 Å². The molecule has 0 radical (unpaired) electrons. The van der Waals surface area contributed by atoms with E-state index < -0.39 is 0 Å².